The van der Waals surface area contributed by atoms with Gasteiger partial charge in [-0.25, -0.2) is 13.1 Å². The predicted molar refractivity (Wildman–Crippen MR) is 52.1 cm³/mol. The van der Waals surface area contributed by atoms with Crippen LogP contribution in [0.5, 0.6) is 0 Å². The number of nitrogens with one attached hydrogen (secondary N) is 1. The second-order valence-corrected chi connectivity index (χ2v) is 4.72. The quantitative estimate of drug-likeness (QED) is 0.858. The Morgan fingerprint density at radius 2 is 1.92 bits per heavy atom. The molecule has 0 bridgehead atoms. The maximum atomic E-state index is 11.3. The molecule has 0 aliphatic heterocycles. The van der Waals surface area contributed by atoms with E-state index in [1.165, 1.54) is 18.2 Å². The summed E-state index contributed by atoms with van der Waals surface area (Å²) in [6.45, 7) is 0. The highest BCUT2D eigenvalue weighted by atomic mass is 35.5. The minimum absolute atomic E-state index is 0.000293. The van der Waals surface area contributed by atoms with Crippen LogP contribution in [0.1, 0.15) is 0 Å². The summed E-state index contributed by atoms with van der Waals surface area (Å²) in [5.74, 6) is 0. The molecule has 0 aliphatic carbocycles. The number of hydrogen-bond donors (Lipinski definition) is 1. The molecule has 1 aromatic carbocycles. The van der Waals surface area contributed by atoms with Crippen LogP contribution in [0.4, 0.5) is 0 Å². The number of halogens is 2. The molecule has 0 saturated carbocycles. The van der Waals surface area contributed by atoms with Gasteiger partial charge in [0.1, 0.15) is 4.90 Å². The summed E-state index contributed by atoms with van der Waals surface area (Å²) >= 11 is 11.3. The molecule has 0 saturated heterocycles. The molecular formula is C7H6Cl2NO2S. The van der Waals surface area contributed by atoms with Gasteiger partial charge in [0.2, 0.25) is 10.0 Å². The average Bonchev–Trinajstić information content (AvgIpc) is 2.09. The lowest BCUT2D eigenvalue weighted by molar-refractivity contribution is 0.590. The summed E-state index contributed by atoms with van der Waals surface area (Å²) in [4.78, 5) is -0.0725. The summed E-state index contributed by atoms with van der Waals surface area (Å²) < 4.78 is 24.4. The van der Waals surface area contributed by atoms with Gasteiger partial charge in [0.15, 0.2) is 0 Å². The molecular weight excluding hydrogens is 233 g/mol. The Morgan fingerprint density at radius 3 is 2.46 bits per heavy atom. The van der Waals surface area contributed by atoms with Gasteiger partial charge < -0.3 is 0 Å². The molecule has 1 radical (unpaired) electrons. The van der Waals surface area contributed by atoms with E-state index in [1.54, 1.807) is 0 Å². The van der Waals surface area contributed by atoms with E-state index >= 15 is 0 Å². The Morgan fingerprint density at radius 1 is 1.31 bits per heavy atom. The van der Waals surface area contributed by atoms with Crippen LogP contribution in [0.25, 0.3) is 0 Å². The Bertz CT molecular complexity index is 417. The summed E-state index contributed by atoms with van der Waals surface area (Å²) in [5.41, 5.74) is 0. The summed E-state index contributed by atoms with van der Waals surface area (Å²) in [6, 6.07) is 4.35. The first kappa shape index (κ1) is 10.8. The molecule has 1 N–H and O–H groups in total. The number of hydrogen-bond acceptors (Lipinski definition) is 2. The molecule has 1 aromatic rings. The second kappa shape index (κ2) is 3.84. The molecule has 0 aliphatic rings. The Kier molecular flexibility index (Phi) is 3.18. The van der Waals surface area contributed by atoms with E-state index in [1.807, 2.05) is 4.72 Å². The molecule has 71 valence electrons. The Labute approximate surface area is 86.7 Å². The van der Waals surface area contributed by atoms with E-state index in [9.17, 15) is 8.42 Å². The minimum Gasteiger partial charge on any atom is -0.210 e. The predicted octanol–water partition coefficient (Wildman–Crippen LogP) is 2.06. The van der Waals surface area contributed by atoms with Gasteiger partial charge in [-0.1, -0.05) is 29.3 Å². The number of benzene rings is 1. The number of sulfonamides is 1. The van der Waals surface area contributed by atoms with Gasteiger partial charge in [0, 0.05) is 7.05 Å². The highest BCUT2D eigenvalue weighted by molar-refractivity contribution is 7.89. The molecule has 0 unspecified atom stereocenters. The van der Waals surface area contributed by atoms with Gasteiger partial charge in [-0.3, -0.25) is 0 Å². The summed E-state index contributed by atoms with van der Waals surface area (Å²) in [7, 11) is -0.564. The van der Waals surface area contributed by atoms with Crippen LogP contribution in [0.3, 0.4) is 0 Å². The third kappa shape index (κ3) is 2.14. The molecule has 3 nitrogen and oxygen atoms in total. The lowest BCUT2D eigenvalue weighted by Gasteiger charge is -2.04. The minimum atomic E-state index is -3.63. The van der Waals surface area contributed by atoms with Crippen molar-refractivity contribution in [3.8, 4) is 0 Å². The smallest absolute Gasteiger partial charge is 0.210 e. The van der Waals surface area contributed by atoms with Crippen LogP contribution >= 0.6 is 23.2 Å². The lowest BCUT2D eigenvalue weighted by atomic mass is 10.4. The second-order valence-electron chi connectivity index (χ2n) is 2.20. The van der Waals surface area contributed by atoms with Crippen molar-refractivity contribution in [2.75, 3.05) is 0 Å². The monoisotopic (exact) mass is 238 g/mol. The van der Waals surface area contributed by atoms with E-state index in [-0.39, 0.29) is 14.9 Å². The molecule has 0 amide bonds. The summed E-state index contributed by atoms with van der Waals surface area (Å²) in [6.07, 6.45) is 0. The van der Waals surface area contributed by atoms with Gasteiger partial charge in [-0.05, 0) is 12.1 Å². The fourth-order valence-corrected chi connectivity index (χ4v) is 2.19. The van der Waals surface area contributed by atoms with Crippen molar-refractivity contribution in [2.45, 2.75) is 4.90 Å². The van der Waals surface area contributed by atoms with Crippen molar-refractivity contribution in [2.24, 2.45) is 0 Å². The highest BCUT2D eigenvalue weighted by Gasteiger charge is 2.16. The van der Waals surface area contributed by atoms with Crippen LogP contribution in [0.2, 0.25) is 10.0 Å². The van der Waals surface area contributed by atoms with E-state index in [0.29, 0.717) is 0 Å². The Hall–Kier alpha value is -0.290. The SMILES string of the molecule is [CH2]NS(=O)(=O)c1cccc(Cl)c1Cl. The van der Waals surface area contributed by atoms with Crippen LogP contribution in [0.15, 0.2) is 23.1 Å². The lowest BCUT2D eigenvalue weighted by Crippen LogP contribution is -2.16. The molecule has 0 aromatic heterocycles. The standard InChI is InChI=1S/C7H6Cl2NO2S/c1-10-13(11,12)6-4-2-3-5(8)7(6)9/h2-4,10H,1H2. The molecule has 0 fully saturated rings. The molecule has 6 heteroatoms. The van der Waals surface area contributed by atoms with Crippen molar-refractivity contribution in [3.63, 3.8) is 0 Å². The van der Waals surface area contributed by atoms with Gasteiger partial charge in [-0.2, -0.15) is 0 Å². The zero-order valence-corrected chi connectivity index (χ0v) is 8.75. The first-order valence-corrected chi connectivity index (χ1v) is 5.46. The first-order valence-electron chi connectivity index (χ1n) is 3.22. The van der Waals surface area contributed by atoms with Crippen molar-refractivity contribution in [1.29, 1.82) is 0 Å². The van der Waals surface area contributed by atoms with Crippen LogP contribution in [-0.2, 0) is 10.0 Å². The fraction of sp³-hybridized carbons (Fsp3) is 0. The van der Waals surface area contributed by atoms with Crippen molar-refractivity contribution in [1.82, 2.24) is 4.72 Å². The van der Waals surface area contributed by atoms with Gasteiger partial charge in [0.25, 0.3) is 0 Å². The van der Waals surface area contributed by atoms with Crippen LogP contribution < -0.4 is 4.72 Å². The van der Waals surface area contributed by atoms with Crippen LogP contribution in [0, 0.1) is 7.05 Å². The maximum Gasteiger partial charge on any atom is 0.242 e. The largest absolute Gasteiger partial charge is 0.242 e. The highest BCUT2D eigenvalue weighted by Crippen LogP contribution is 2.28. The van der Waals surface area contributed by atoms with Crippen LogP contribution in [-0.4, -0.2) is 8.42 Å². The zero-order valence-electron chi connectivity index (χ0n) is 6.42. The van der Waals surface area contributed by atoms with E-state index in [0.717, 1.165) is 0 Å². The zero-order chi connectivity index (χ0) is 10.1. The normalized spacial score (nSPS) is 11.6. The molecule has 13 heavy (non-hydrogen) atoms. The van der Waals surface area contributed by atoms with Crippen molar-refractivity contribution < 1.29 is 8.42 Å². The van der Waals surface area contributed by atoms with Crippen molar-refractivity contribution in [3.05, 3.63) is 35.3 Å². The van der Waals surface area contributed by atoms with E-state index < -0.39 is 10.0 Å². The third-order valence-corrected chi connectivity index (χ3v) is 3.63. The maximum absolute atomic E-state index is 11.3. The average molecular weight is 239 g/mol. The fourth-order valence-electron chi connectivity index (χ4n) is 0.769. The van der Waals surface area contributed by atoms with E-state index in [4.69, 9.17) is 23.2 Å². The van der Waals surface area contributed by atoms with E-state index in [2.05, 4.69) is 7.05 Å². The molecule has 1 rings (SSSR count). The van der Waals surface area contributed by atoms with Gasteiger partial charge >= 0.3 is 0 Å². The van der Waals surface area contributed by atoms with Gasteiger partial charge in [-0.15, -0.1) is 0 Å². The third-order valence-electron chi connectivity index (χ3n) is 1.40. The van der Waals surface area contributed by atoms with Crippen molar-refractivity contribution >= 4 is 33.2 Å². The topological polar surface area (TPSA) is 46.2 Å². The van der Waals surface area contributed by atoms with Gasteiger partial charge in [0.05, 0.1) is 10.0 Å². The molecule has 0 spiro atoms. The first-order chi connectivity index (χ1) is 5.99. The Balaban J connectivity index is 3.40. The molecule has 0 atom stereocenters. The molecule has 0 heterocycles. The summed E-state index contributed by atoms with van der Waals surface area (Å²) in [5, 5.41) is 0.193. The number of rotatable bonds is 2.